The number of hydrogen-bond acceptors (Lipinski definition) is 4. The molecule has 1 rings (SSSR count). The van der Waals surface area contributed by atoms with Gasteiger partial charge in [0.2, 0.25) is 0 Å². The fourth-order valence-electron chi connectivity index (χ4n) is 1.58. The van der Waals surface area contributed by atoms with Gasteiger partial charge in [-0.3, -0.25) is 0 Å². The maximum absolute atomic E-state index is 11.9. The number of esters is 1. The van der Waals surface area contributed by atoms with Gasteiger partial charge in [-0.2, -0.15) is 0 Å². The molecule has 0 spiro atoms. The van der Waals surface area contributed by atoms with Gasteiger partial charge in [0.15, 0.2) is 0 Å². The molecule has 0 unspecified atom stereocenters. The van der Waals surface area contributed by atoms with Crippen molar-refractivity contribution in [1.82, 2.24) is 0 Å². The van der Waals surface area contributed by atoms with E-state index in [-0.39, 0.29) is 5.97 Å². The first-order valence-electron chi connectivity index (χ1n) is 6.79. The first kappa shape index (κ1) is 15.3. The number of unbranched alkanes of at least 4 members (excludes halogenated alkanes) is 1. The van der Waals surface area contributed by atoms with Crippen LogP contribution in [0.4, 0.5) is 0 Å². The maximum Gasteiger partial charge on any atom is 0.338 e. The Balaban J connectivity index is 2.82. The molecule has 4 heteroatoms. The smallest absolute Gasteiger partial charge is 0.338 e. The average molecular weight is 266 g/mol. The van der Waals surface area contributed by atoms with Crippen LogP contribution in [0.2, 0.25) is 0 Å². The van der Waals surface area contributed by atoms with Gasteiger partial charge < -0.3 is 14.2 Å². The van der Waals surface area contributed by atoms with E-state index >= 15 is 0 Å². The number of carbonyl (C=O) groups is 1. The molecule has 1 aromatic carbocycles. The minimum Gasteiger partial charge on any atom is -0.494 e. The predicted molar refractivity (Wildman–Crippen MR) is 74.0 cm³/mol. The van der Waals surface area contributed by atoms with Gasteiger partial charge in [-0.15, -0.1) is 0 Å². The van der Waals surface area contributed by atoms with Gasteiger partial charge in [-0.25, -0.2) is 4.79 Å². The lowest BCUT2D eigenvalue weighted by molar-refractivity contribution is 0.0498. The van der Waals surface area contributed by atoms with Gasteiger partial charge in [0.25, 0.3) is 0 Å². The second-order valence-corrected chi connectivity index (χ2v) is 4.05. The summed E-state index contributed by atoms with van der Waals surface area (Å²) in [6, 6.07) is 5.14. The van der Waals surface area contributed by atoms with E-state index in [4.69, 9.17) is 14.2 Å². The van der Waals surface area contributed by atoms with Gasteiger partial charge >= 0.3 is 5.97 Å². The van der Waals surface area contributed by atoms with Crippen LogP contribution in [-0.4, -0.2) is 25.8 Å². The van der Waals surface area contributed by atoms with E-state index in [0.717, 1.165) is 12.8 Å². The molecule has 4 nitrogen and oxygen atoms in total. The Labute approximate surface area is 114 Å². The highest BCUT2D eigenvalue weighted by atomic mass is 16.5. The third kappa shape index (κ3) is 5.20. The molecule has 0 N–H and O–H groups in total. The molecule has 0 radical (unpaired) electrons. The Hall–Kier alpha value is -1.71. The summed E-state index contributed by atoms with van der Waals surface area (Å²) in [5.41, 5.74) is 0.463. The molecule has 0 aliphatic rings. The van der Waals surface area contributed by atoms with Crippen molar-refractivity contribution in [3.63, 3.8) is 0 Å². The number of carbonyl (C=O) groups excluding carboxylic acids is 1. The lowest BCUT2D eigenvalue weighted by Crippen LogP contribution is -2.07. The predicted octanol–water partition coefficient (Wildman–Crippen LogP) is 3.44. The Morgan fingerprint density at radius 2 is 1.58 bits per heavy atom. The van der Waals surface area contributed by atoms with Crippen LogP contribution < -0.4 is 9.47 Å². The molecule has 0 saturated carbocycles. The van der Waals surface area contributed by atoms with Crippen LogP contribution in [0.3, 0.4) is 0 Å². The van der Waals surface area contributed by atoms with Crippen LogP contribution in [-0.2, 0) is 4.74 Å². The largest absolute Gasteiger partial charge is 0.494 e. The zero-order valence-electron chi connectivity index (χ0n) is 11.9. The summed E-state index contributed by atoms with van der Waals surface area (Å²) in [7, 11) is 0. The lowest BCUT2D eigenvalue weighted by atomic mass is 10.2. The third-order valence-corrected chi connectivity index (χ3v) is 2.47. The third-order valence-electron chi connectivity index (χ3n) is 2.47. The standard InChI is InChI=1S/C15H22O4/c1-4-7-8-19-15(16)12-9-13(17-5-2)11-14(10-12)18-6-3/h9-11H,4-8H2,1-3H3. The summed E-state index contributed by atoms with van der Waals surface area (Å²) >= 11 is 0. The van der Waals surface area contributed by atoms with Gasteiger partial charge in [0, 0.05) is 6.07 Å². The van der Waals surface area contributed by atoms with Crippen LogP contribution in [0.5, 0.6) is 11.5 Å². The fourth-order valence-corrected chi connectivity index (χ4v) is 1.58. The number of benzene rings is 1. The van der Waals surface area contributed by atoms with Crippen molar-refractivity contribution in [1.29, 1.82) is 0 Å². The molecule has 19 heavy (non-hydrogen) atoms. The Kier molecular flexibility index (Phi) is 6.79. The quantitative estimate of drug-likeness (QED) is 0.534. The van der Waals surface area contributed by atoms with Crippen molar-refractivity contribution in [3.05, 3.63) is 23.8 Å². The van der Waals surface area contributed by atoms with Crippen molar-refractivity contribution < 1.29 is 19.0 Å². The zero-order valence-corrected chi connectivity index (χ0v) is 11.9. The summed E-state index contributed by atoms with van der Waals surface area (Å²) < 4.78 is 16.0. The highest BCUT2D eigenvalue weighted by Crippen LogP contribution is 2.23. The number of ether oxygens (including phenoxy) is 3. The molecule has 0 aliphatic carbocycles. The maximum atomic E-state index is 11.9. The molecule has 0 bridgehead atoms. The molecule has 0 atom stereocenters. The van der Waals surface area contributed by atoms with Gasteiger partial charge in [-0.05, 0) is 32.4 Å². The molecule has 1 aromatic rings. The highest BCUT2D eigenvalue weighted by molar-refractivity contribution is 5.90. The minimum absolute atomic E-state index is 0.337. The van der Waals surface area contributed by atoms with Gasteiger partial charge in [0.1, 0.15) is 11.5 Å². The fraction of sp³-hybridized carbons (Fsp3) is 0.533. The summed E-state index contributed by atoms with van der Waals surface area (Å²) in [6.45, 7) is 7.37. The summed E-state index contributed by atoms with van der Waals surface area (Å²) in [5.74, 6) is 0.905. The Morgan fingerprint density at radius 3 is 2.05 bits per heavy atom. The van der Waals surface area contributed by atoms with E-state index in [1.165, 1.54) is 0 Å². The molecule has 0 saturated heterocycles. The Bertz CT molecular complexity index is 377. The zero-order chi connectivity index (χ0) is 14.1. The van der Waals surface area contributed by atoms with Crippen LogP contribution in [0.25, 0.3) is 0 Å². The average Bonchev–Trinajstić information content (AvgIpc) is 2.39. The van der Waals surface area contributed by atoms with Crippen LogP contribution >= 0.6 is 0 Å². The number of hydrogen-bond donors (Lipinski definition) is 0. The van der Waals surface area contributed by atoms with E-state index in [2.05, 4.69) is 6.92 Å². The van der Waals surface area contributed by atoms with Crippen molar-refractivity contribution in [2.75, 3.05) is 19.8 Å². The summed E-state index contributed by atoms with van der Waals surface area (Å²) in [6.07, 6.45) is 1.87. The summed E-state index contributed by atoms with van der Waals surface area (Å²) in [5, 5.41) is 0. The van der Waals surface area contributed by atoms with E-state index in [0.29, 0.717) is 36.9 Å². The molecule has 0 aliphatic heterocycles. The topological polar surface area (TPSA) is 44.8 Å². The Morgan fingerprint density at radius 1 is 1.00 bits per heavy atom. The van der Waals surface area contributed by atoms with E-state index in [1.807, 2.05) is 13.8 Å². The van der Waals surface area contributed by atoms with E-state index < -0.39 is 0 Å². The van der Waals surface area contributed by atoms with Crippen LogP contribution in [0.15, 0.2) is 18.2 Å². The van der Waals surface area contributed by atoms with E-state index in [1.54, 1.807) is 18.2 Å². The van der Waals surface area contributed by atoms with Crippen LogP contribution in [0, 0.1) is 0 Å². The highest BCUT2D eigenvalue weighted by Gasteiger charge is 2.11. The lowest BCUT2D eigenvalue weighted by Gasteiger charge is -2.10. The van der Waals surface area contributed by atoms with Gasteiger partial charge in [-0.1, -0.05) is 13.3 Å². The van der Waals surface area contributed by atoms with E-state index in [9.17, 15) is 4.79 Å². The monoisotopic (exact) mass is 266 g/mol. The molecule has 0 heterocycles. The van der Waals surface area contributed by atoms with Crippen molar-refractivity contribution in [2.24, 2.45) is 0 Å². The molecule has 0 fully saturated rings. The number of rotatable bonds is 8. The second kappa shape index (κ2) is 8.40. The first-order chi connectivity index (χ1) is 9.21. The molecular formula is C15H22O4. The molecular weight excluding hydrogens is 244 g/mol. The van der Waals surface area contributed by atoms with Crippen LogP contribution in [0.1, 0.15) is 44.0 Å². The summed E-state index contributed by atoms with van der Waals surface area (Å²) in [4.78, 5) is 11.9. The second-order valence-electron chi connectivity index (χ2n) is 4.05. The molecule has 106 valence electrons. The van der Waals surface area contributed by atoms with Crippen molar-refractivity contribution >= 4 is 5.97 Å². The van der Waals surface area contributed by atoms with Gasteiger partial charge in [0.05, 0.1) is 25.4 Å². The molecule has 0 aromatic heterocycles. The minimum atomic E-state index is -0.337. The van der Waals surface area contributed by atoms with Crippen molar-refractivity contribution in [2.45, 2.75) is 33.6 Å². The normalized spacial score (nSPS) is 10.1. The van der Waals surface area contributed by atoms with Crippen molar-refractivity contribution in [3.8, 4) is 11.5 Å². The SMILES string of the molecule is CCCCOC(=O)c1cc(OCC)cc(OCC)c1. The first-order valence-corrected chi connectivity index (χ1v) is 6.79. The molecule has 0 amide bonds.